The van der Waals surface area contributed by atoms with Gasteiger partial charge in [0.15, 0.2) is 0 Å². The number of hydrogen-bond acceptors (Lipinski definition) is 6. The summed E-state index contributed by atoms with van der Waals surface area (Å²) in [5.41, 5.74) is 0. The topological polar surface area (TPSA) is 73.3 Å². The Morgan fingerprint density at radius 1 is 1.35 bits per heavy atom. The summed E-state index contributed by atoms with van der Waals surface area (Å²) in [4.78, 5) is 19.5. The highest BCUT2D eigenvalue weighted by Crippen LogP contribution is 2.14. The fourth-order valence-corrected chi connectivity index (χ4v) is 1.31. The van der Waals surface area contributed by atoms with E-state index < -0.39 is 6.04 Å². The van der Waals surface area contributed by atoms with Gasteiger partial charge in [-0.3, -0.25) is 0 Å². The molecule has 0 amide bonds. The minimum atomic E-state index is -0.445. The van der Waals surface area contributed by atoms with Crippen LogP contribution >= 0.6 is 0 Å². The molecule has 1 rings (SSSR count). The van der Waals surface area contributed by atoms with Crippen molar-refractivity contribution >= 4 is 11.8 Å². The average Bonchev–Trinajstić information content (AvgIpc) is 2.35. The van der Waals surface area contributed by atoms with E-state index in [2.05, 4.69) is 15.3 Å². The van der Waals surface area contributed by atoms with E-state index in [0.29, 0.717) is 11.7 Å². The molecular weight excluding hydrogens is 222 g/mol. The van der Waals surface area contributed by atoms with Crippen molar-refractivity contribution in [1.82, 2.24) is 9.97 Å². The molecule has 1 aromatic heterocycles. The quantitative estimate of drug-likeness (QED) is 0.775. The second-order valence-electron chi connectivity index (χ2n) is 3.83. The van der Waals surface area contributed by atoms with Gasteiger partial charge in [0.2, 0.25) is 5.88 Å². The lowest BCUT2D eigenvalue weighted by atomic mass is 10.0. The van der Waals surface area contributed by atoms with Gasteiger partial charge >= 0.3 is 5.97 Å². The van der Waals surface area contributed by atoms with Gasteiger partial charge in [-0.2, -0.15) is 0 Å². The van der Waals surface area contributed by atoms with Gasteiger partial charge in [0, 0.05) is 6.07 Å². The molecule has 0 saturated carbocycles. The average molecular weight is 239 g/mol. The molecule has 0 saturated heterocycles. The summed E-state index contributed by atoms with van der Waals surface area (Å²) in [5, 5.41) is 3.00. The summed E-state index contributed by atoms with van der Waals surface area (Å²) in [5.74, 6) is 0.733. The number of methoxy groups -OCH3 is 2. The monoisotopic (exact) mass is 239 g/mol. The number of ether oxygens (including phenoxy) is 2. The third-order valence-corrected chi connectivity index (χ3v) is 2.28. The summed E-state index contributed by atoms with van der Waals surface area (Å²) in [7, 11) is 2.88. The second kappa shape index (κ2) is 6.03. The van der Waals surface area contributed by atoms with E-state index in [-0.39, 0.29) is 11.9 Å². The number of carbonyl (C=O) groups excluding carboxylic acids is 1. The molecule has 0 aliphatic rings. The first-order chi connectivity index (χ1) is 8.08. The highest BCUT2D eigenvalue weighted by Gasteiger charge is 2.23. The zero-order valence-electron chi connectivity index (χ0n) is 10.4. The Hall–Kier alpha value is -1.85. The normalized spacial score (nSPS) is 12.1. The predicted octanol–water partition coefficient (Wildman–Crippen LogP) is 1.09. The van der Waals surface area contributed by atoms with Gasteiger partial charge in [-0.05, 0) is 5.92 Å². The fourth-order valence-electron chi connectivity index (χ4n) is 1.31. The molecule has 0 aromatic carbocycles. The Morgan fingerprint density at radius 2 is 2.06 bits per heavy atom. The Balaban J connectivity index is 2.82. The maximum Gasteiger partial charge on any atom is 0.328 e. The van der Waals surface area contributed by atoms with Crippen molar-refractivity contribution < 1.29 is 14.3 Å². The van der Waals surface area contributed by atoms with Crippen LogP contribution in [-0.2, 0) is 9.53 Å². The number of nitrogens with zero attached hydrogens (tertiary/aromatic N) is 2. The highest BCUT2D eigenvalue weighted by molar-refractivity contribution is 5.79. The first-order valence-corrected chi connectivity index (χ1v) is 5.29. The Bertz CT molecular complexity index is 382. The summed E-state index contributed by atoms with van der Waals surface area (Å²) < 4.78 is 9.70. The number of anilines is 1. The molecule has 1 N–H and O–H groups in total. The lowest BCUT2D eigenvalue weighted by Crippen LogP contribution is -2.35. The van der Waals surface area contributed by atoms with E-state index in [1.54, 1.807) is 6.07 Å². The standard InChI is InChI=1S/C11H17N3O3/c1-7(2)10(11(15)17-4)14-8-5-9(16-3)13-6-12-8/h5-7,10H,1-4H3,(H,12,13,14). The summed E-state index contributed by atoms with van der Waals surface area (Å²) >= 11 is 0. The van der Waals surface area contributed by atoms with Crippen molar-refractivity contribution in [3.05, 3.63) is 12.4 Å². The van der Waals surface area contributed by atoms with Crippen molar-refractivity contribution in [3.63, 3.8) is 0 Å². The molecule has 0 fully saturated rings. The molecule has 0 spiro atoms. The molecule has 17 heavy (non-hydrogen) atoms. The number of carbonyl (C=O) groups is 1. The van der Waals surface area contributed by atoms with Gasteiger partial charge < -0.3 is 14.8 Å². The highest BCUT2D eigenvalue weighted by atomic mass is 16.5. The Kier molecular flexibility index (Phi) is 4.68. The molecule has 0 aliphatic heterocycles. The van der Waals surface area contributed by atoms with Crippen LogP contribution in [0.3, 0.4) is 0 Å². The molecule has 94 valence electrons. The van der Waals surface area contributed by atoms with E-state index in [1.807, 2.05) is 13.8 Å². The molecule has 1 heterocycles. The van der Waals surface area contributed by atoms with Crippen LogP contribution in [0.2, 0.25) is 0 Å². The molecule has 1 unspecified atom stereocenters. The van der Waals surface area contributed by atoms with Gasteiger partial charge in [0.1, 0.15) is 18.2 Å². The minimum Gasteiger partial charge on any atom is -0.481 e. The first kappa shape index (κ1) is 13.2. The van der Waals surface area contributed by atoms with E-state index in [0.717, 1.165) is 0 Å². The van der Waals surface area contributed by atoms with E-state index >= 15 is 0 Å². The molecule has 6 nitrogen and oxygen atoms in total. The summed E-state index contributed by atoms with van der Waals surface area (Å²) in [6, 6.07) is 1.18. The zero-order chi connectivity index (χ0) is 12.8. The van der Waals surface area contributed by atoms with E-state index in [4.69, 9.17) is 9.47 Å². The van der Waals surface area contributed by atoms with Crippen LogP contribution in [0.15, 0.2) is 12.4 Å². The number of rotatable bonds is 5. The lowest BCUT2D eigenvalue weighted by molar-refractivity contribution is -0.142. The maximum atomic E-state index is 11.6. The smallest absolute Gasteiger partial charge is 0.328 e. The third-order valence-electron chi connectivity index (χ3n) is 2.28. The van der Waals surface area contributed by atoms with Crippen LogP contribution in [0, 0.1) is 5.92 Å². The SMILES string of the molecule is COC(=O)C(Nc1cc(OC)ncn1)C(C)C. The van der Waals surface area contributed by atoms with Crippen LogP contribution < -0.4 is 10.1 Å². The van der Waals surface area contributed by atoms with Crippen LogP contribution in [0.5, 0.6) is 5.88 Å². The van der Waals surface area contributed by atoms with Crippen LogP contribution in [0.4, 0.5) is 5.82 Å². The minimum absolute atomic E-state index is 0.0865. The maximum absolute atomic E-state index is 11.6. The van der Waals surface area contributed by atoms with Crippen LogP contribution in [0.25, 0.3) is 0 Å². The molecule has 0 radical (unpaired) electrons. The summed E-state index contributed by atoms with van der Waals surface area (Å²) in [6.07, 6.45) is 1.37. The second-order valence-corrected chi connectivity index (χ2v) is 3.83. The number of hydrogen-bond donors (Lipinski definition) is 1. The van der Waals surface area contributed by atoms with Crippen molar-refractivity contribution in [2.45, 2.75) is 19.9 Å². The van der Waals surface area contributed by atoms with Crippen LogP contribution in [-0.4, -0.2) is 36.2 Å². The molecule has 0 bridgehead atoms. The first-order valence-electron chi connectivity index (χ1n) is 5.29. The third kappa shape index (κ3) is 3.58. The predicted molar refractivity (Wildman–Crippen MR) is 62.8 cm³/mol. The van der Waals surface area contributed by atoms with Gasteiger partial charge in [0.05, 0.1) is 14.2 Å². The van der Waals surface area contributed by atoms with Gasteiger partial charge in [0.25, 0.3) is 0 Å². The van der Waals surface area contributed by atoms with Crippen molar-refractivity contribution in [3.8, 4) is 5.88 Å². The van der Waals surface area contributed by atoms with Gasteiger partial charge in [-0.1, -0.05) is 13.8 Å². The Labute approximate surface area is 100 Å². The zero-order valence-corrected chi connectivity index (χ0v) is 10.4. The summed E-state index contributed by atoms with van der Waals surface area (Å²) in [6.45, 7) is 3.85. The molecule has 0 aliphatic carbocycles. The van der Waals surface area contributed by atoms with Crippen LogP contribution in [0.1, 0.15) is 13.8 Å². The molecular formula is C11H17N3O3. The number of aromatic nitrogens is 2. The largest absolute Gasteiger partial charge is 0.481 e. The lowest BCUT2D eigenvalue weighted by Gasteiger charge is -2.20. The molecule has 1 aromatic rings. The van der Waals surface area contributed by atoms with Gasteiger partial charge in [-0.15, -0.1) is 0 Å². The molecule has 6 heteroatoms. The van der Waals surface area contributed by atoms with Crippen molar-refractivity contribution in [2.75, 3.05) is 19.5 Å². The van der Waals surface area contributed by atoms with Crippen molar-refractivity contribution in [2.24, 2.45) is 5.92 Å². The number of esters is 1. The van der Waals surface area contributed by atoms with E-state index in [9.17, 15) is 4.79 Å². The van der Waals surface area contributed by atoms with E-state index in [1.165, 1.54) is 20.5 Å². The van der Waals surface area contributed by atoms with Gasteiger partial charge in [-0.25, -0.2) is 14.8 Å². The fraction of sp³-hybridized carbons (Fsp3) is 0.545. The van der Waals surface area contributed by atoms with Crippen molar-refractivity contribution in [1.29, 1.82) is 0 Å². The Morgan fingerprint density at radius 3 is 2.59 bits per heavy atom. The number of nitrogens with one attached hydrogen (secondary N) is 1. The molecule has 1 atom stereocenters.